The molecule has 2 aromatic carbocycles. The number of benzene rings is 2. The number of nitrogens with zero attached hydrogens (tertiary/aromatic N) is 4. The molecule has 3 rings (SSSR count). The number of nitro benzene ring substituents is 2. The van der Waals surface area contributed by atoms with Crippen LogP contribution in [0.5, 0.6) is 17.2 Å². The zero-order valence-electron chi connectivity index (χ0n) is 17.8. The van der Waals surface area contributed by atoms with E-state index in [-0.39, 0.29) is 27.9 Å². The minimum Gasteiger partial charge on any atom is -0.493 e. The number of methoxy groups -OCH3 is 1. The third-order valence-electron chi connectivity index (χ3n) is 4.77. The van der Waals surface area contributed by atoms with Gasteiger partial charge in [-0.05, 0) is 64.6 Å². The van der Waals surface area contributed by atoms with E-state index in [2.05, 4.69) is 0 Å². The highest BCUT2D eigenvalue weighted by Gasteiger charge is 2.35. The zero-order chi connectivity index (χ0) is 25.3. The number of halogens is 1. The van der Waals surface area contributed by atoms with Crippen molar-refractivity contribution >= 4 is 69.2 Å². The SMILES string of the molecule is COc1cc(C=C2C(=O)N(C)C(=S)N(C)C2=O)cc(I)c1Oc1ccc([N+](=O)[O-])cc1[N+](=O)[O-]. The standard InChI is InChI=1S/C20H15IN4O8S/c1-22-18(26)12(19(27)23(2)20(22)34)6-10-7-13(21)17(16(8-10)32-3)33-15-5-4-11(24(28)29)9-14(15)25(30)31/h4-9H,1-3H3. The molecule has 2 aromatic rings. The lowest BCUT2D eigenvalue weighted by Gasteiger charge is -2.31. The number of amides is 2. The van der Waals surface area contributed by atoms with Crippen LogP contribution < -0.4 is 9.47 Å². The molecule has 1 fully saturated rings. The van der Waals surface area contributed by atoms with Crippen molar-refractivity contribution in [1.82, 2.24) is 9.80 Å². The Balaban J connectivity index is 2.04. The maximum atomic E-state index is 12.6. The molecule has 12 nitrogen and oxygen atoms in total. The number of rotatable bonds is 6. The van der Waals surface area contributed by atoms with Gasteiger partial charge in [-0.15, -0.1) is 0 Å². The average molecular weight is 598 g/mol. The van der Waals surface area contributed by atoms with Crippen LogP contribution in [0.2, 0.25) is 0 Å². The summed E-state index contributed by atoms with van der Waals surface area (Å²) in [5, 5.41) is 22.5. The molecule has 0 aromatic heterocycles. The molecule has 2 amide bonds. The maximum Gasteiger partial charge on any atom is 0.318 e. The Labute approximate surface area is 211 Å². The van der Waals surface area contributed by atoms with E-state index in [9.17, 15) is 29.8 Å². The molecule has 1 heterocycles. The molecular formula is C20H15IN4O8S. The fourth-order valence-corrected chi connectivity index (χ4v) is 3.92. The van der Waals surface area contributed by atoms with E-state index < -0.39 is 33.0 Å². The summed E-state index contributed by atoms with van der Waals surface area (Å²) in [5.74, 6) is -1.10. The second kappa shape index (κ2) is 9.68. The second-order valence-electron chi connectivity index (χ2n) is 6.87. The monoisotopic (exact) mass is 598 g/mol. The van der Waals surface area contributed by atoms with Crippen LogP contribution in [0.4, 0.5) is 11.4 Å². The predicted molar refractivity (Wildman–Crippen MR) is 132 cm³/mol. The van der Waals surface area contributed by atoms with Crippen LogP contribution in [0.1, 0.15) is 5.56 Å². The molecule has 1 aliphatic heterocycles. The van der Waals surface area contributed by atoms with Gasteiger partial charge >= 0.3 is 5.69 Å². The Morgan fingerprint density at radius 2 is 1.62 bits per heavy atom. The summed E-state index contributed by atoms with van der Waals surface area (Å²) in [6.07, 6.45) is 1.38. The molecule has 0 atom stereocenters. The summed E-state index contributed by atoms with van der Waals surface area (Å²) in [6, 6.07) is 6.06. The fraction of sp³-hybridized carbons (Fsp3) is 0.150. The molecule has 176 valence electrons. The lowest BCUT2D eigenvalue weighted by Crippen LogP contribution is -2.52. The molecule has 1 aliphatic rings. The number of nitro groups is 2. The van der Waals surface area contributed by atoms with Crippen LogP contribution in [0.15, 0.2) is 35.9 Å². The molecule has 34 heavy (non-hydrogen) atoms. The highest BCUT2D eigenvalue weighted by Crippen LogP contribution is 2.41. The molecule has 1 saturated heterocycles. The number of ether oxygens (including phenoxy) is 2. The first-order valence-electron chi connectivity index (χ1n) is 9.26. The van der Waals surface area contributed by atoms with Crippen LogP contribution in [0.25, 0.3) is 6.08 Å². The number of carbonyl (C=O) groups is 2. The molecule has 0 spiro atoms. The Bertz CT molecular complexity index is 1270. The van der Waals surface area contributed by atoms with Gasteiger partial charge in [0.15, 0.2) is 16.6 Å². The van der Waals surface area contributed by atoms with Crippen LogP contribution in [0.3, 0.4) is 0 Å². The van der Waals surface area contributed by atoms with Gasteiger partial charge in [0, 0.05) is 20.2 Å². The number of hydrogen-bond acceptors (Lipinski definition) is 9. The molecule has 0 aliphatic carbocycles. The minimum atomic E-state index is -0.793. The number of non-ortho nitro benzene ring substituents is 1. The highest BCUT2D eigenvalue weighted by atomic mass is 127. The van der Waals surface area contributed by atoms with E-state index in [0.717, 1.165) is 18.2 Å². The first-order chi connectivity index (χ1) is 16.0. The predicted octanol–water partition coefficient (Wildman–Crippen LogP) is 3.51. The molecule has 0 N–H and O–H groups in total. The lowest BCUT2D eigenvalue weighted by molar-refractivity contribution is -0.394. The Morgan fingerprint density at radius 1 is 1.00 bits per heavy atom. The summed E-state index contributed by atoms with van der Waals surface area (Å²) in [4.78, 5) is 48.3. The van der Waals surface area contributed by atoms with Crippen LogP contribution in [0, 0.1) is 23.8 Å². The molecule has 0 bridgehead atoms. The van der Waals surface area contributed by atoms with Crippen molar-refractivity contribution in [3.63, 3.8) is 0 Å². The van der Waals surface area contributed by atoms with E-state index in [4.69, 9.17) is 21.7 Å². The summed E-state index contributed by atoms with van der Waals surface area (Å²) < 4.78 is 11.5. The van der Waals surface area contributed by atoms with Crippen LogP contribution in [-0.4, -0.2) is 57.8 Å². The third kappa shape index (κ3) is 4.67. The Hall–Kier alpha value is -3.66. The first-order valence-corrected chi connectivity index (χ1v) is 10.7. The summed E-state index contributed by atoms with van der Waals surface area (Å²) in [6.45, 7) is 0. The van der Waals surface area contributed by atoms with Gasteiger partial charge in [0.2, 0.25) is 5.75 Å². The molecular weight excluding hydrogens is 583 g/mol. The number of likely N-dealkylation sites (N-methyl/N-ethyl adjacent to an activating group) is 2. The second-order valence-corrected chi connectivity index (χ2v) is 8.40. The molecule has 0 saturated carbocycles. The van der Waals surface area contributed by atoms with Gasteiger partial charge in [0.25, 0.3) is 17.5 Å². The van der Waals surface area contributed by atoms with E-state index in [1.807, 2.05) is 22.6 Å². The first kappa shape index (κ1) is 25.0. The van der Waals surface area contributed by atoms with Crippen molar-refractivity contribution in [3.05, 3.63) is 65.3 Å². The number of thiocarbonyl (C=S) groups is 1. The Kier molecular flexibility index (Phi) is 7.11. The fourth-order valence-electron chi connectivity index (χ4n) is 3.02. The summed E-state index contributed by atoms with van der Waals surface area (Å²) >= 11 is 6.97. The largest absolute Gasteiger partial charge is 0.493 e. The smallest absolute Gasteiger partial charge is 0.318 e. The van der Waals surface area contributed by atoms with Gasteiger partial charge in [-0.3, -0.25) is 39.6 Å². The quantitative estimate of drug-likeness (QED) is 0.122. The third-order valence-corrected chi connectivity index (χ3v) is 6.12. The number of hydrogen-bond donors (Lipinski definition) is 0. The summed E-state index contributed by atoms with van der Waals surface area (Å²) in [7, 11) is 4.26. The van der Waals surface area contributed by atoms with Gasteiger partial charge in [0.05, 0.1) is 26.6 Å². The van der Waals surface area contributed by atoms with Gasteiger partial charge in [-0.2, -0.15) is 0 Å². The molecule has 0 unspecified atom stereocenters. The van der Waals surface area contributed by atoms with E-state index in [1.54, 1.807) is 6.07 Å². The molecule has 0 radical (unpaired) electrons. The zero-order valence-corrected chi connectivity index (χ0v) is 20.8. The normalized spacial score (nSPS) is 13.8. The van der Waals surface area contributed by atoms with E-state index >= 15 is 0 Å². The lowest BCUT2D eigenvalue weighted by atomic mass is 10.1. The van der Waals surface area contributed by atoms with Gasteiger partial charge in [-0.1, -0.05) is 0 Å². The summed E-state index contributed by atoms with van der Waals surface area (Å²) in [5.41, 5.74) is -0.744. The van der Waals surface area contributed by atoms with Crippen molar-refractivity contribution in [2.45, 2.75) is 0 Å². The Morgan fingerprint density at radius 3 is 2.15 bits per heavy atom. The maximum absolute atomic E-state index is 12.6. The van der Waals surface area contributed by atoms with Gasteiger partial charge in [0.1, 0.15) is 5.57 Å². The van der Waals surface area contributed by atoms with Crippen LogP contribution in [-0.2, 0) is 9.59 Å². The van der Waals surface area contributed by atoms with Crippen molar-refractivity contribution in [2.24, 2.45) is 0 Å². The topological polar surface area (TPSA) is 145 Å². The van der Waals surface area contributed by atoms with Crippen molar-refractivity contribution in [1.29, 1.82) is 0 Å². The van der Waals surface area contributed by atoms with Crippen molar-refractivity contribution < 1.29 is 28.9 Å². The number of carbonyl (C=O) groups excluding carboxylic acids is 2. The minimum absolute atomic E-state index is 0.0766. The van der Waals surface area contributed by atoms with Crippen molar-refractivity contribution in [2.75, 3.05) is 21.2 Å². The van der Waals surface area contributed by atoms with Crippen LogP contribution >= 0.6 is 34.8 Å². The average Bonchev–Trinajstić information content (AvgIpc) is 2.80. The van der Waals surface area contributed by atoms with E-state index in [1.165, 1.54) is 43.1 Å². The van der Waals surface area contributed by atoms with E-state index in [0.29, 0.717) is 9.13 Å². The highest BCUT2D eigenvalue weighted by molar-refractivity contribution is 14.1. The van der Waals surface area contributed by atoms with Gasteiger partial charge < -0.3 is 9.47 Å². The van der Waals surface area contributed by atoms with Crippen molar-refractivity contribution in [3.8, 4) is 17.2 Å². The van der Waals surface area contributed by atoms with Gasteiger partial charge in [-0.25, -0.2) is 0 Å². The molecule has 14 heteroatoms.